The van der Waals surface area contributed by atoms with Gasteiger partial charge in [-0.2, -0.15) is 0 Å². The summed E-state index contributed by atoms with van der Waals surface area (Å²) in [6.45, 7) is 3.18. The van der Waals surface area contributed by atoms with E-state index in [1.807, 2.05) is 6.92 Å². The predicted molar refractivity (Wildman–Crippen MR) is 53.9 cm³/mol. The van der Waals surface area contributed by atoms with Crippen molar-refractivity contribution < 1.29 is 4.79 Å². The van der Waals surface area contributed by atoms with E-state index < -0.39 is 0 Å². The number of nitrogens with two attached hydrogens (primary N) is 1. The summed E-state index contributed by atoms with van der Waals surface area (Å²) >= 11 is 0. The fourth-order valence-corrected chi connectivity index (χ4v) is 0.890. The summed E-state index contributed by atoms with van der Waals surface area (Å²) in [5.41, 5.74) is 5.39. The molecule has 0 aromatic rings. The van der Waals surface area contributed by atoms with Gasteiger partial charge in [-0.25, -0.2) is 0 Å². The summed E-state index contributed by atoms with van der Waals surface area (Å²) in [6.07, 6.45) is 7.14. The summed E-state index contributed by atoms with van der Waals surface area (Å²) in [4.78, 5) is 11.2. The molecular formula is C10H18N2O. The van der Waals surface area contributed by atoms with Gasteiger partial charge in [0.2, 0.25) is 5.91 Å². The van der Waals surface area contributed by atoms with Crippen LogP contribution in [-0.4, -0.2) is 19.0 Å². The first-order valence-electron chi connectivity index (χ1n) is 4.61. The van der Waals surface area contributed by atoms with Gasteiger partial charge in [0, 0.05) is 19.4 Å². The maximum absolute atomic E-state index is 11.2. The minimum absolute atomic E-state index is 0.0648. The van der Waals surface area contributed by atoms with Crippen molar-refractivity contribution in [2.24, 2.45) is 11.7 Å². The zero-order chi connectivity index (χ0) is 10.1. The molecule has 0 spiro atoms. The smallest absolute Gasteiger partial charge is 0.220 e. The fourth-order valence-electron chi connectivity index (χ4n) is 0.890. The molecule has 1 unspecified atom stereocenters. The molecule has 0 saturated carbocycles. The Balaban J connectivity index is 3.36. The summed E-state index contributed by atoms with van der Waals surface area (Å²) < 4.78 is 0. The van der Waals surface area contributed by atoms with Crippen molar-refractivity contribution in [2.45, 2.75) is 26.2 Å². The third-order valence-electron chi connectivity index (χ3n) is 1.76. The van der Waals surface area contributed by atoms with Gasteiger partial charge < -0.3 is 11.1 Å². The topological polar surface area (TPSA) is 55.1 Å². The SMILES string of the molecule is C#CCCCNC(=O)CC(C)CN. The van der Waals surface area contributed by atoms with Crippen molar-refractivity contribution in [3.63, 3.8) is 0 Å². The quantitative estimate of drug-likeness (QED) is 0.464. The molecule has 0 saturated heterocycles. The molecule has 0 radical (unpaired) electrons. The molecule has 0 aliphatic heterocycles. The molecule has 13 heavy (non-hydrogen) atoms. The van der Waals surface area contributed by atoms with Gasteiger partial charge in [0.15, 0.2) is 0 Å². The molecule has 1 amide bonds. The Morgan fingerprint density at radius 1 is 1.69 bits per heavy atom. The number of carbonyl (C=O) groups excluding carboxylic acids is 1. The number of carbonyl (C=O) groups is 1. The van der Waals surface area contributed by atoms with Gasteiger partial charge in [0.1, 0.15) is 0 Å². The maximum atomic E-state index is 11.2. The second-order valence-electron chi connectivity index (χ2n) is 3.20. The van der Waals surface area contributed by atoms with Crippen LogP contribution in [-0.2, 0) is 4.79 Å². The zero-order valence-corrected chi connectivity index (χ0v) is 8.18. The number of hydrogen-bond donors (Lipinski definition) is 2. The first kappa shape index (κ1) is 12.0. The normalized spacial score (nSPS) is 11.8. The van der Waals surface area contributed by atoms with Crippen molar-refractivity contribution in [1.82, 2.24) is 5.32 Å². The highest BCUT2D eigenvalue weighted by atomic mass is 16.1. The van der Waals surface area contributed by atoms with E-state index in [9.17, 15) is 4.79 Å². The standard InChI is InChI=1S/C10H18N2O/c1-3-4-5-6-12-10(13)7-9(2)8-11/h1,9H,4-8,11H2,2H3,(H,12,13). The molecule has 0 aliphatic carbocycles. The molecule has 0 bridgehead atoms. The van der Waals surface area contributed by atoms with Gasteiger partial charge in [-0.15, -0.1) is 12.3 Å². The van der Waals surface area contributed by atoms with Crippen LogP contribution in [0.1, 0.15) is 26.2 Å². The molecule has 0 aromatic carbocycles. The third-order valence-corrected chi connectivity index (χ3v) is 1.76. The minimum atomic E-state index is 0.0648. The monoisotopic (exact) mass is 182 g/mol. The van der Waals surface area contributed by atoms with Crippen LogP contribution in [0.3, 0.4) is 0 Å². The Kier molecular flexibility index (Phi) is 7.04. The van der Waals surface area contributed by atoms with E-state index in [4.69, 9.17) is 12.2 Å². The molecule has 3 N–H and O–H groups in total. The number of hydrogen-bond acceptors (Lipinski definition) is 2. The lowest BCUT2D eigenvalue weighted by Gasteiger charge is -2.08. The van der Waals surface area contributed by atoms with Gasteiger partial charge in [-0.3, -0.25) is 4.79 Å². The minimum Gasteiger partial charge on any atom is -0.356 e. The molecule has 3 heteroatoms. The number of unbranched alkanes of at least 4 members (excludes halogenated alkanes) is 1. The van der Waals surface area contributed by atoms with Gasteiger partial charge in [-0.05, 0) is 18.9 Å². The Labute approximate surface area is 80.1 Å². The molecule has 0 heterocycles. The van der Waals surface area contributed by atoms with Crippen LogP contribution in [0.4, 0.5) is 0 Å². The van der Waals surface area contributed by atoms with E-state index >= 15 is 0 Å². The van der Waals surface area contributed by atoms with Crippen LogP contribution in [0.5, 0.6) is 0 Å². The number of terminal acetylenes is 1. The largest absolute Gasteiger partial charge is 0.356 e. The first-order valence-corrected chi connectivity index (χ1v) is 4.61. The summed E-state index contributed by atoms with van der Waals surface area (Å²) in [7, 11) is 0. The fraction of sp³-hybridized carbons (Fsp3) is 0.700. The van der Waals surface area contributed by atoms with E-state index in [1.54, 1.807) is 0 Å². The maximum Gasteiger partial charge on any atom is 0.220 e. The van der Waals surface area contributed by atoms with Crippen LogP contribution in [0.2, 0.25) is 0 Å². The molecule has 0 fully saturated rings. The van der Waals surface area contributed by atoms with E-state index in [0.29, 0.717) is 25.9 Å². The Morgan fingerprint density at radius 2 is 2.38 bits per heavy atom. The van der Waals surface area contributed by atoms with Crippen LogP contribution in [0.25, 0.3) is 0 Å². The third kappa shape index (κ3) is 7.35. The average molecular weight is 182 g/mol. The lowest BCUT2D eigenvalue weighted by Crippen LogP contribution is -2.27. The van der Waals surface area contributed by atoms with Gasteiger partial charge in [0.25, 0.3) is 0 Å². The zero-order valence-electron chi connectivity index (χ0n) is 8.18. The van der Waals surface area contributed by atoms with Crippen LogP contribution < -0.4 is 11.1 Å². The summed E-state index contributed by atoms with van der Waals surface area (Å²) in [5, 5.41) is 2.79. The van der Waals surface area contributed by atoms with Crippen LogP contribution in [0.15, 0.2) is 0 Å². The first-order chi connectivity index (χ1) is 6.20. The van der Waals surface area contributed by atoms with E-state index in [-0.39, 0.29) is 11.8 Å². The Bertz CT molecular complexity index is 184. The Morgan fingerprint density at radius 3 is 2.92 bits per heavy atom. The highest BCUT2D eigenvalue weighted by Crippen LogP contribution is 1.97. The van der Waals surface area contributed by atoms with Crippen molar-refractivity contribution in [3.05, 3.63) is 0 Å². The Hall–Kier alpha value is -1.01. The number of nitrogens with one attached hydrogen (secondary N) is 1. The van der Waals surface area contributed by atoms with Crippen LogP contribution in [0, 0.1) is 18.3 Å². The van der Waals surface area contributed by atoms with Gasteiger partial charge in [0.05, 0.1) is 0 Å². The summed E-state index contributed by atoms with van der Waals surface area (Å²) in [6, 6.07) is 0. The van der Waals surface area contributed by atoms with Crippen molar-refractivity contribution >= 4 is 5.91 Å². The van der Waals surface area contributed by atoms with E-state index in [1.165, 1.54) is 0 Å². The average Bonchev–Trinajstić information content (AvgIpc) is 2.12. The molecule has 0 rings (SSSR count). The lowest BCUT2D eigenvalue weighted by atomic mass is 10.1. The van der Waals surface area contributed by atoms with Crippen molar-refractivity contribution in [1.29, 1.82) is 0 Å². The molecule has 0 aromatic heterocycles. The molecule has 74 valence electrons. The molecular weight excluding hydrogens is 164 g/mol. The highest BCUT2D eigenvalue weighted by molar-refractivity contribution is 5.76. The number of amides is 1. The highest BCUT2D eigenvalue weighted by Gasteiger charge is 2.05. The second kappa shape index (κ2) is 7.63. The number of rotatable bonds is 6. The van der Waals surface area contributed by atoms with E-state index in [0.717, 1.165) is 6.42 Å². The van der Waals surface area contributed by atoms with E-state index in [2.05, 4.69) is 11.2 Å². The molecule has 0 aliphatic rings. The predicted octanol–water partition coefficient (Wildman–Crippen LogP) is 0.501. The van der Waals surface area contributed by atoms with Gasteiger partial charge >= 0.3 is 0 Å². The second-order valence-corrected chi connectivity index (χ2v) is 3.20. The molecule has 1 atom stereocenters. The van der Waals surface area contributed by atoms with Gasteiger partial charge in [-0.1, -0.05) is 6.92 Å². The molecule has 3 nitrogen and oxygen atoms in total. The van der Waals surface area contributed by atoms with Crippen molar-refractivity contribution in [2.75, 3.05) is 13.1 Å². The summed E-state index contributed by atoms with van der Waals surface area (Å²) in [5.74, 6) is 2.84. The van der Waals surface area contributed by atoms with Crippen LogP contribution >= 0.6 is 0 Å². The van der Waals surface area contributed by atoms with Crippen molar-refractivity contribution in [3.8, 4) is 12.3 Å². The lowest BCUT2D eigenvalue weighted by molar-refractivity contribution is -0.121.